The van der Waals surface area contributed by atoms with Crippen molar-refractivity contribution in [3.63, 3.8) is 0 Å². The number of amides is 1. The van der Waals surface area contributed by atoms with E-state index in [1.165, 1.54) is 57.8 Å². The molecule has 1 fully saturated rings. The molecule has 14 nitrogen and oxygen atoms in total. The van der Waals surface area contributed by atoms with E-state index in [-0.39, 0.29) is 90.7 Å². The molecule has 0 aromatic rings. The number of hydrogen-bond acceptors (Lipinski definition) is 9. The first-order valence-electron chi connectivity index (χ1n) is 17.6. The van der Waals surface area contributed by atoms with Crippen molar-refractivity contribution in [1.82, 2.24) is 24.9 Å². The predicted octanol–water partition coefficient (Wildman–Crippen LogP) is 2.51. The average molecular weight is 672 g/mol. The van der Waals surface area contributed by atoms with E-state index in [0.717, 1.165) is 19.3 Å². The van der Waals surface area contributed by atoms with Crippen LogP contribution >= 0.6 is 0 Å². The van der Waals surface area contributed by atoms with Gasteiger partial charge in [-0.1, -0.05) is 77.6 Å². The molecule has 0 aromatic heterocycles. The molecule has 1 rings (SSSR count). The van der Waals surface area contributed by atoms with E-state index < -0.39 is 29.9 Å². The van der Waals surface area contributed by atoms with Crippen molar-refractivity contribution in [1.29, 1.82) is 0 Å². The summed E-state index contributed by atoms with van der Waals surface area (Å²) in [5.74, 6) is -4.47. The Labute approximate surface area is 280 Å². The third kappa shape index (κ3) is 22.4. The Bertz CT molecular complexity index is 891. The zero-order valence-corrected chi connectivity index (χ0v) is 28.6. The summed E-state index contributed by atoms with van der Waals surface area (Å²) in [4.78, 5) is 66.0. The molecule has 1 aliphatic rings. The van der Waals surface area contributed by atoms with Gasteiger partial charge in [-0.3, -0.25) is 43.6 Å². The molecule has 0 aromatic carbocycles. The highest BCUT2D eigenvalue weighted by Crippen LogP contribution is 2.13. The molecule has 1 saturated heterocycles. The van der Waals surface area contributed by atoms with E-state index >= 15 is 0 Å². The van der Waals surface area contributed by atoms with Gasteiger partial charge >= 0.3 is 23.9 Å². The number of aliphatic carboxylic acids is 4. The van der Waals surface area contributed by atoms with Crippen molar-refractivity contribution >= 4 is 29.8 Å². The van der Waals surface area contributed by atoms with E-state index in [2.05, 4.69) is 12.2 Å². The Hall–Kier alpha value is -2.81. The summed E-state index contributed by atoms with van der Waals surface area (Å²) in [6, 6.07) is -1.02. The first kappa shape index (κ1) is 42.2. The molecule has 5 N–H and O–H groups in total. The van der Waals surface area contributed by atoms with Crippen LogP contribution in [0.15, 0.2) is 0 Å². The summed E-state index contributed by atoms with van der Waals surface area (Å²) in [5, 5.41) is 41.2. The fraction of sp³-hybridized carbons (Fsp3) is 0.848. The van der Waals surface area contributed by atoms with Crippen LogP contribution < -0.4 is 5.32 Å². The van der Waals surface area contributed by atoms with Gasteiger partial charge in [0, 0.05) is 65.3 Å². The zero-order valence-electron chi connectivity index (χ0n) is 28.6. The van der Waals surface area contributed by atoms with Gasteiger partial charge in [0.25, 0.3) is 0 Å². The molecule has 1 unspecified atom stereocenters. The highest BCUT2D eigenvalue weighted by molar-refractivity contribution is 5.78. The van der Waals surface area contributed by atoms with E-state index in [9.17, 15) is 44.4 Å². The largest absolute Gasteiger partial charge is 0.480 e. The van der Waals surface area contributed by atoms with Crippen LogP contribution in [0.4, 0.5) is 0 Å². The van der Waals surface area contributed by atoms with E-state index in [1.54, 1.807) is 19.6 Å². The van der Waals surface area contributed by atoms with Gasteiger partial charge < -0.3 is 25.7 Å². The first-order chi connectivity index (χ1) is 22.5. The molecule has 0 radical (unpaired) electrons. The minimum absolute atomic E-state index is 0.0214. The van der Waals surface area contributed by atoms with Crippen molar-refractivity contribution in [2.24, 2.45) is 0 Å². The second-order valence-corrected chi connectivity index (χ2v) is 12.7. The molecule has 1 amide bonds. The topological polar surface area (TPSA) is 191 Å². The molecule has 1 aliphatic heterocycles. The minimum atomic E-state index is -1.10. The number of carboxylic acid groups (broad SMARTS) is 4. The van der Waals surface area contributed by atoms with Crippen molar-refractivity contribution < 1.29 is 44.4 Å². The van der Waals surface area contributed by atoms with Gasteiger partial charge in [0.05, 0.1) is 19.6 Å². The monoisotopic (exact) mass is 671 g/mol. The highest BCUT2D eigenvalue weighted by Gasteiger charge is 2.28. The van der Waals surface area contributed by atoms with Crippen LogP contribution in [0.5, 0.6) is 0 Å². The zero-order chi connectivity index (χ0) is 34.9. The maximum Gasteiger partial charge on any atom is 0.320 e. The maximum absolute atomic E-state index is 12.6. The normalized spacial score (nSPS) is 17.0. The number of unbranched alkanes of at least 4 members (excludes halogenated alkanes) is 11. The molecule has 14 heteroatoms. The molecule has 47 heavy (non-hydrogen) atoms. The standard InChI is InChI=1S/C33H61N5O9/c1-2-3-4-5-6-7-8-9-10-11-12-13-16-34-29(39)15-14-28(33(46)47)38-23-21-36(26-31(42)43)19-17-35(25-30(40)41)18-20-37(22-24-38)27-32(44)45/h28H,2-27H2,1H3,(H,34,39)(H,40,41)(H,42,43)(H,44,45)(H,46,47). The Kier molecular flexibility index (Phi) is 23.5. The number of carbonyl (C=O) groups excluding carboxylic acids is 1. The second kappa shape index (κ2) is 26.2. The van der Waals surface area contributed by atoms with E-state index in [1.807, 2.05) is 0 Å². The van der Waals surface area contributed by atoms with Crippen molar-refractivity contribution in [2.75, 3.05) is 78.5 Å². The predicted molar refractivity (Wildman–Crippen MR) is 179 cm³/mol. The summed E-state index contributed by atoms with van der Waals surface area (Å²) in [5.41, 5.74) is 0. The maximum atomic E-state index is 12.6. The Morgan fingerprint density at radius 1 is 0.553 bits per heavy atom. The van der Waals surface area contributed by atoms with Crippen LogP contribution in [0.3, 0.4) is 0 Å². The molecule has 0 spiro atoms. The number of carboxylic acids is 4. The Balaban J connectivity index is 2.64. The molecule has 272 valence electrons. The highest BCUT2D eigenvalue weighted by atomic mass is 16.4. The number of rotatable bonds is 24. The third-order valence-corrected chi connectivity index (χ3v) is 8.67. The number of carbonyl (C=O) groups is 5. The van der Waals surface area contributed by atoms with Gasteiger partial charge in [-0.05, 0) is 12.8 Å². The van der Waals surface area contributed by atoms with Crippen LogP contribution in [0.1, 0.15) is 96.8 Å². The SMILES string of the molecule is CCCCCCCCCCCCCCNC(=O)CCC(C(=O)O)N1CCN(CC(=O)O)CCN(CC(=O)O)CCN(CC(=O)O)CC1. The van der Waals surface area contributed by atoms with Crippen LogP contribution in [-0.2, 0) is 24.0 Å². The number of nitrogens with zero attached hydrogens (tertiary/aromatic N) is 4. The fourth-order valence-corrected chi connectivity index (χ4v) is 5.92. The van der Waals surface area contributed by atoms with Crippen molar-refractivity contribution in [2.45, 2.75) is 103 Å². The second-order valence-electron chi connectivity index (χ2n) is 12.7. The van der Waals surface area contributed by atoms with Gasteiger partial charge in [-0.25, -0.2) is 0 Å². The molecular formula is C33H61N5O9. The van der Waals surface area contributed by atoms with Crippen LogP contribution in [0, 0.1) is 0 Å². The number of hydrogen-bond donors (Lipinski definition) is 5. The smallest absolute Gasteiger partial charge is 0.320 e. The summed E-state index contributed by atoms with van der Waals surface area (Å²) in [6.45, 7) is 3.70. The minimum Gasteiger partial charge on any atom is -0.480 e. The van der Waals surface area contributed by atoms with Gasteiger partial charge in [-0.15, -0.1) is 0 Å². The molecule has 0 bridgehead atoms. The van der Waals surface area contributed by atoms with Crippen molar-refractivity contribution in [3.8, 4) is 0 Å². The van der Waals surface area contributed by atoms with E-state index in [4.69, 9.17) is 0 Å². The van der Waals surface area contributed by atoms with Crippen LogP contribution in [-0.4, -0.2) is 154 Å². The molecular weight excluding hydrogens is 610 g/mol. The lowest BCUT2D eigenvalue weighted by Gasteiger charge is -2.35. The average Bonchev–Trinajstić information content (AvgIpc) is 2.99. The van der Waals surface area contributed by atoms with Crippen LogP contribution in [0.25, 0.3) is 0 Å². The summed E-state index contributed by atoms with van der Waals surface area (Å²) in [7, 11) is 0. The summed E-state index contributed by atoms with van der Waals surface area (Å²) in [6.07, 6.45) is 14.8. The van der Waals surface area contributed by atoms with Gasteiger partial charge in [0.2, 0.25) is 5.91 Å². The van der Waals surface area contributed by atoms with Crippen LogP contribution in [0.2, 0.25) is 0 Å². The lowest BCUT2D eigenvalue weighted by Crippen LogP contribution is -2.52. The molecule has 1 atom stereocenters. The third-order valence-electron chi connectivity index (χ3n) is 8.67. The summed E-state index contributed by atoms with van der Waals surface area (Å²) < 4.78 is 0. The lowest BCUT2D eigenvalue weighted by atomic mass is 10.1. The first-order valence-corrected chi connectivity index (χ1v) is 17.6. The van der Waals surface area contributed by atoms with E-state index in [0.29, 0.717) is 6.54 Å². The van der Waals surface area contributed by atoms with Gasteiger partial charge in [0.15, 0.2) is 0 Å². The molecule has 0 aliphatic carbocycles. The molecule has 0 saturated carbocycles. The lowest BCUT2D eigenvalue weighted by molar-refractivity contribution is -0.145. The Morgan fingerprint density at radius 3 is 1.28 bits per heavy atom. The summed E-state index contributed by atoms with van der Waals surface area (Å²) >= 11 is 0. The fourth-order valence-electron chi connectivity index (χ4n) is 5.92. The Morgan fingerprint density at radius 2 is 0.915 bits per heavy atom. The van der Waals surface area contributed by atoms with Gasteiger partial charge in [0.1, 0.15) is 6.04 Å². The number of nitrogens with one attached hydrogen (secondary N) is 1. The molecule has 1 heterocycles. The quantitative estimate of drug-likeness (QED) is 0.0942. The van der Waals surface area contributed by atoms with Crippen molar-refractivity contribution in [3.05, 3.63) is 0 Å². The van der Waals surface area contributed by atoms with Gasteiger partial charge in [-0.2, -0.15) is 0 Å².